The second-order valence-electron chi connectivity index (χ2n) is 5.53. The summed E-state index contributed by atoms with van der Waals surface area (Å²) in [6, 6.07) is 7.68. The number of amides is 1. The van der Waals surface area contributed by atoms with Gasteiger partial charge in [0.15, 0.2) is 0 Å². The Morgan fingerprint density at radius 1 is 1.30 bits per heavy atom. The number of carbonyl (C=O) groups excluding carboxylic acids is 1. The Labute approximate surface area is 124 Å². The number of nitrogens with one attached hydrogen (secondary N) is 1. The smallest absolute Gasteiger partial charge is 0.244 e. The van der Waals surface area contributed by atoms with Crippen LogP contribution in [0.3, 0.4) is 0 Å². The van der Waals surface area contributed by atoms with Gasteiger partial charge in [-0.3, -0.25) is 4.79 Å². The van der Waals surface area contributed by atoms with Crippen molar-refractivity contribution in [2.75, 3.05) is 5.32 Å². The number of rotatable bonds is 2. The molecule has 1 amide bonds. The number of benzene rings is 1. The first-order valence-electron chi connectivity index (χ1n) is 7.06. The first-order valence-corrected chi connectivity index (χ1v) is 7.44. The molecule has 106 valence electrons. The lowest BCUT2D eigenvalue weighted by Gasteiger charge is -2.23. The fourth-order valence-electron chi connectivity index (χ4n) is 2.64. The third-order valence-corrected chi connectivity index (χ3v) is 4.44. The highest BCUT2D eigenvalue weighted by molar-refractivity contribution is 6.31. The third kappa shape index (κ3) is 3.13. The number of carbonyl (C=O) groups is 1. The predicted octanol–water partition coefficient (Wildman–Crippen LogP) is 4.45. The van der Waals surface area contributed by atoms with Crippen LogP contribution in [0.15, 0.2) is 18.2 Å². The van der Waals surface area contributed by atoms with E-state index in [0.29, 0.717) is 23.6 Å². The second-order valence-corrected chi connectivity index (χ2v) is 5.93. The summed E-state index contributed by atoms with van der Waals surface area (Å²) >= 11 is 6.06. The first-order chi connectivity index (χ1) is 9.57. The van der Waals surface area contributed by atoms with Crippen LogP contribution in [-0.2, 0) is 4.79 Å². The Hall–Kier alpha value is -1.53. The molecule has 1 saturated carbocycles. The van der Waals surface area contributed by atoms with Gasteiger partial charge in [0.2, 0.25) is 5.91 Å². The fourth-order valence-corrected chi connectivity index (χ4v) is 2.82. The van der Waals surface area contributed by atoms with Crippen LogP contribution >= 0.6 is 11.6 Å². The highest BCUT2D eigenvalue weighted by Crippen LogP contribution is 2.35. The van der Waals surface area contributed by atoms with Crippen molar-refractivity contribution in [2.24, 2.45) is 5.41 Å². The van der Waals surface area contributed by atoms with Gasteiger partial charge in [-0.2, -0.15) is 5.26 Å². The van der Waals surface area contributed by atoms with Crippen molar-refractivity contribution in [3.63, 3.8) is 0 Å². The van der Waals surface area contributed by atoms with Crippen molar-refractivity contribution in [1.82, 2.24) is 0 Å². The molecule has 3 nitrogen and oxygen atoms in total. The normalized spacial score (nSPS) is 17.9. The maximum atomic E-state index is 12.5. The molecule has 1 aliphatic rings. The van der Waals surface area contributed by atoms with E-state index < -0.39 is 5.41 Å². The van der Waals surface area contributed by atoms with Crippen molar-refractivity contribution in [3.05, 3.63) is 28.8 Å². The first kappa shape index (κ1) is 14.9. The molecule has 4 heteroatoms. The summed E-state index contributed by atoms with van der Waals surface area (Å²) in [5, 5.41) is 13.0. The zero-order valence-corrected chi connectivity index (χ0v) is 12.5. The Balaban J connectivity index is 2.16. The van der Waals surface area contributed by atoms with Gasteiger partial charge in [0, 0.05) is 10.7 Å². The molecular formula is C16H19ClN2O. The van der Waals surface area contributed by atoms with Crippen molar-refractivity contribution in [3.8, 4) is 6.07 Å². The highest BCUT2D eigenvalue weighted by atomic mass is 35.5. The standard InChI is InChI=1S/C16H19ClN2O/c1-12-6-7-13(10-14(12)17)19-15(20)16(11-18)8-4-2-3-5-9-16/h6-7,10H,2-5,8-9H2,1H3,(H,19,20). The van der Waals surface area contributed by atoms with E-state index in [1.807, 2.05) is 19.1 Å². The largest absolute Gasteiger partial charge is 0.325 e. The van der Waals surface area contributed by atoms with Gasteiger partial charge in [0.25, 0.3) is 0 Å². The van der Waals surface area contributed by atoms with Crippen LogP contribution in [0.25, 0.3) is 0 Å². The minimum atomic E-state index is -0.881. The SMILES string of the molecule is Cc1ccc(NC(=O)C2(C#N)CCCCCC2)cc1Cl. The molecular weight excluding hydrogens is 272 g/mol. The lowest BCUT2D eigenvalue weighted by Crippen LogP contribution is -2.34. The summed E-state index contributed by atoms with van der Waals surface area (Å²) in [5.41, 5.74) is 0.743. The number of anilines is 1. The Morgan fingerprint density at radius 3 is 2.50 bits per heavy atom. The van der Waals surface area contributed by atoms with Crippen molar-refractivity contribution >= 4 is 23.2 Å². The average molecular weight is 291 g/mol. The van der Waals surface area contributed by atoms with Gasteiger partial charge in [0.05, 0.1) is 6.07 Å². The Morgan fingerprint density at radius 2 is 1.95 bits per heavy atom. The predicted molar refractivity (Wildman–Crippen MR) is 80.6 cm³/mol. The van der Waals surface area contributed by atoms with Crippen molar-refractivity contribution < 1.29 is 4.79 Å². The molecule has 0 spiro atoms. The molecule has 0 radical (unpaired) electrons. The number of nitrogens with zero attached hydrogens (tertiary/aromatic N) is 1. The van der Waals surface area contributed by atoms with E-state index in [2.05, 4.69) is 11.4 Å². The molecule has 1 N–H and O–H groups in total. The summed E-state index contributed by atoms with van der Waals surface area (Å²) in [6.07, 6.45) is 5.38. The van der Waals surface area contributed by atoms with Gasteiger partial charge in [-0.1, -0.05) is 43.4 Å². The van der Waals surface area contributed by atoms with Gasteiger partial charge in [-0.25, -0.2) is 0 Å². The summed E-state index contributed by atoms with van der Waals surface area (Å²) < 4.78 is 0. The molecule has 1 aromatic rings. The molecule has 1 aromatic carbocycles. The quantitative estimate of drug-likeness (QED) is 0.818. The number of hydrogen-bond acceptors (Lipinski definition) is 2. The van der Waals surface area contributed by atoms with Gasteiger partial charge >= 0.3 is 0 Å². The number of aryl methyl sites for hydroxylation is 1. The molecule has 0 atom stereocenters. The van der Waals surface area contributed by atoms with E-state index in [1.54, 1.807) is 6.07 Å². The van der Waals surface area contributed by atoms with Crippen molar-refractivity contribution in [1.29, 1.82) is 5.26 Å². The number of nitriles is 1. The molecule has 2 rings (SSSR count). The van der Waals surface area contributed by atoms with E-state index in [1.165, 1.54) is 0 Å². The van der Waals surface area contributed by atoms with E-state index in [-0.39, 0.29) is 5.91 Å². The monoisotopic (exact) mass is 290 g/mol. The van der Waals surface area contributed by atoms with E-state index in [9.17, 15) is 10.1 Å². The van der Waals surface area contributed by atoms with Crippen LogP contribution in [-0.4, -0.2) is 5.91 Å². The highest BCUT2D eigenvalue weighted by Gasteiger charge is 2.38. The number of hydrogen-bond donors (Lipinski definition) is 1. The van der Waals surface area contributed by atoms with Crippen molar-refractivity contribution in [2.45, 2.75) is 45.4 Å². The van der Waals surface area contributed by atoms with Crippen LogP contribution in [0.4, 0.5) is 5.69 Å². The zero-order chi connectivity index (χ0) is 14.6. The summed E-state index contributed by atoms with van der Waals surface area (Å²) in [7, 11) is 0. The topological polar surface area (TPSA) is 52.9 Å². The van der Waals surface area contributed by atoms with Crippen LogP contribution < -0.4 is 5.32 Å². The summed E-state index contributed by atoms with van der Waals surface area (Å²) in [4.78, 5) is 12.5. The van der Waals surface area contributed by atoms with Crippen LogP contribution in [0.5, 0.6) is 0 Å². The van der Waals surface area contributed by atoms with E-state index in [0.717, 1.165) is 31.2 Å². The van der Waals surface area contributed by atoms with Gasteiger partial charge < -0.3 is 5.32 Å². The average Bonchev–Trinajstić information content (AvgIpc) is 2.69. The van der Waals surface area contributed by atoms with E-state index >= 15 is 0 Å². The molecule has 0 unspecified atom stereocenters. The molecule has 0 saturated heterocycles. The van der Waals surface area contributed by atoms with Crippen LogP contribution in [0.1, 0.15) is 44.1 Å². The minimum Gasteiger partial charge on any atom is -0.325 e. The zero-order valence-electron chi connectivity index (χ0n) is 11.7. The molecule has 1 fully saturated rings. The summed E-state index contributed by atoms with van der Waals surface area (Å²) in [6.45, 7) is 1.91. The lowest BCUT2D eigenvalue weighted by atomic mass is 9.81. The maximum absolute atomic E-state index is 12.5. The van der Waals surface area contributed by atoms with Crippen LogP contribution in [0, 0.1) is 23.7 Å². The molecule has 1 aliphatic carbocycles. The fraction of sp³-hybridized carbons (Fsp3) is 0.500. The lowest BCUT2D eigenvalue weighted by molar-refractivity contribution is -0.123. The molecule has 0 heterocycles. The number of halogens is 1. The molecule has 20 heavy (non-hydrogen) atoms. The minimum absolute atomic E-state index is 0.193. The van der Waals surface area contributed by atoms with Crippen LogP contribution in [0.2, 0.25) is 5.02 Å². The summed E-state index contributed by atoms with van der Waals surface area (Å²) in [5.74, 6) is -0.193. The van der Waals surface area contributed by atoms with E-state index in [4.69, 9.17) is 11.6 Å². The van der Waals surface area contributed by atoms with Gasteiger partial charge in [-0.15, -0.1) is 0 Å². The molecule has 0 aliphatic heterocycles. The second kappa shape index (κ2) is 6.28. The Kier molecular flexibility index (Phi) is 4.67. The van der Waals surface area contributed by atoms with Gasteiger partial charge in [-0.05, 0) is 37.5 Å². The molecule has 0 bridgehead atoms. The molecule has 0 aromatic heterocycles. The maximum Gasteiger partial charge on any atom is 0.244 e. The third-order valence-electron chi connectivity index (χ3n) is 4.04. The Bertz CT molecular complexity index is 540. The van der Waals surface area contributed by atoms with Gasteiger partial charge in [0.1, 0.15) is 5.41 Å².